The van der Waals surface area contributed by atoms with E-state index in [1.54, 1.807) is 38.2 Å². The van der Waals surface area contributed by atoms with Gasteiger partial charge < -0.3 is 0 Å². The standard InChI is InChI=1S/4C5H7N.C4H6.CHN.BH.2H2N3P3/c2*1-3-5(2)4-6;2*1-2-3-4-5-6;1-3-4-2;1-2;;2*1-4-3-6-5-2/h2*3,5H,1H2,2H3;2*2-3H,4H2,1H3;3-4H,1-2H2;1H;1H;2*1-2H/b;;2*3-2+;;;;;/i;;;;;;1D;;. The zero-order valence-corrected chi connectivity index (χ0v) is 30.4. The maximum atomic E-state index is 8.01. The molecule has 43 heavy (non-hydrogen) atoms. The lowest BCUT2D eigenvalue weighted by Gasteiger charge is -1.80. The molecule has 0 aromatic carbocycles. The van der Waals surface area contributed by atoms with E-state index in [0.717, 1.165) is 0 Å². The molecule has 0 bridgehead atoms. The van der Waals surface area contributed by atoms with Crippen LogP contribution in [0.2, 0.25) is 0 Å². The fourth-order valence-electron chi connectivity index (χ4n) is 0.527. The van der Waals surface area contributed by atoms with Crippen LogP contribution in [0.15, 0.2) is 84.0 Å². The summed E-state index contributed by atoms with van der Waals surface area (Å²) in [6.07, 6.45) is 14.9. The monoisotopic (exact) mass is 692 g/mol. The molecule has 0 rings (SSSR count). The normalized spacial score (nSPS) is 9.58. The van der Waals surface area contributed by atoms with Gasteiger partial charge >= 0.3 is 0 Å². The van der Waals surface area contributed by atoms with Crippen molar-refractivity contribution in [1.82, 2.24) is 0 Å². The van der Waals surface area contributed by atoms with Crippen LogP contribution in [0.4, 0.5) is 0 Å². The van der Waals surface area contributed by atoms with Crippen molar-refractivity contribution in [2.24, 2.45) is 20.9 Å². The third-order valence-corrected chi connectivity index (χ3v) is 5.94. The maximum absolute atomic E-state index is 8.01. The Morgan fingerprint density at radius 3 is 1.07 bits per heavy atom. The third kappa shape index (κ3) is 167. The largest absolute Gasteiger partial charge is 0.274 e. The van der Waals surface area contributed by atoms with Crippen LogP contribution < -0.4 is 0 Å². The maximum Gasteiger partial charge on any atom is 0.150 e. The number of allylic oxidation sites excluding steroid dienone is 8. The van der Waals surface area contributed by atoms with Gasteiger partial charge in [-0.1, -0.05) is 61.8 Å². The van der Waals surface area contributed by atoms with E-state index in [2.05, 4.69) is 50.3 Å². The molecule has 0 saturated carbocycles. The van der Waals surface area contributed by atoms with Gasteiger partial charge in [-0.2, -0.15) is 30.1 Å². The van der Waals surface area contributed by atoms with E-state index >= 15 is 0 Å². The lowest BCUT2D eigenvalue weighted by molar-refractivity contribution is 0.960. The zero-order valence-electron chi connectivity index (χ0n) is 26.0. The van der Waals surface area contributed by atoms with Crippen molar-refractivity contribution in [3.63, 3.8) is 0 Å². The van der Waals surface area contributed by atoms with Gasteiger partial charge in [-0.3, -0.25) is 20.6 Å². The first-order valence-electron chi connectivity index (χ1n) is 11.5. The fourth-order valence-corrected chi connectivity index (χ4v) is 2.61. The molecule has 0 aliphatic carbocycles. The smallest absolute Gasteiger partial charge is 0.150 e. The number of rotatable bonds is 9. The van der Waals surface area contributed by atoms with Crippen LogP contribution in [0, 0.1) is 89.6 Å². The molecule has 0 aromatic rings. The van der Waals surface area contributed by atoms with E-state index in [9.17, 15) is 0 Å². The Morgan fingerprint density at radius 1 is 0.744 bits per heavy atom. The Bertz CT molecular complexity index is 896. The average molecular weight is 692 g/mol. The van der Waals surface area contributed by atoms with E-state index in [0.29, 0.717) is 45.1 Å². The molecular formula is C25H40BN11P6. The Hall–Kier alpha value is -3.45. The lowest BCUT2D eigenvalue weighted by Crippen LogP contribution is -1.76. The summed E-state index contributed by atoms with van der Waals surface area (Å²) in [5.41, 5.74) is 0. The highest BCUT2D eigenvalue weighted by Gasteiger charge is 1.84. The summed E-state index contributed by atoms with van der Waals surface area (Å²) in [5, 5.41) is 64.1. The van der Waals surface area contributed by atoms with E-state index in [-0.39, 0.29) is 28.9 Å². The summed E-state index contributed by atoms with van der Waals surface area (Å²) >= 11 is 0. The number of hydrogen-bond acceptors (Lipinski definition) is 9. The average Bonchev–Trinajstić information content (AvgIpc) is 3.10. The van der Waals surface area contributed by atoms with Crippen LogP contribution in [0.25, 0.3) is 0 Å². The number of hydrogen-bond donors (Lipinski definition) is 4. The van der Waals surface area contributed by atoms with Crippen molar-refractivity contribution >= 4 is 57.7 Å². The summed E-state index contributed by atoms with van der Waals surface area (Å²) < 4.78 is 12.3. The first-order valence-corrected chi connectivity index (χ1v) is 17.5. The Kier molecular flexibility index (Phi) is 124. The molecule has 0 fully saturated rings. The van der Waals surface area contributed by atoms with Gasteiger partial charge in [-0.05, 0) is 29.0 Å². The van der Waals surface area contributed by atoms with Crippen LogP contribution in [0.5, 0.6) is 0 Å². The van der Waals surface area contributed by atoms with Gasteiger partial charge in [-0.25, -0.2) is 5.26 Å². The number of nitriles is 5. The van der Waals surface area contributed by atoms with Crippen LogP contribution in [-0.4, -0.2) is 9.71 Å². The fraction of sp³-hybridized carbons (Fsp3) is 0.320. The van der Waals surface area contributed by atoms with E-state index in [1.807, 2.05) is 62.4 Å². The molecule has 0 amide bonds. The second-order valence-electron chi connectivity index (χ2n) is 5.40. The number of nitrogens with zero attached hydrogens (tertiary/aromatic N) is 7. The summed E-state index contributed by atoms with van der Waals surface area (Å²) in [4.78, 5) is 0. The summed E-state index contributed by atoms with van der Waals surface area (Å²) in [6.45, 7) is 24.4. The first-order chi connectivity index (χ1) is 21.2. The Labute approximate surface area is 272 Å². The second kappa shape index (κ2) is 90.2. The molecule has 0 spiro atoms. The lowest BCUT2D eigenvalue weighted by atomic mass is 10.2. The molecule has 2 atom stereocenters. The highest BCUT2D eigenvalue weighted by atomic mass is 32.0. The molecule has 0 saturated heterocycles. The molecule has 0 aromatic heterocycles. The van der Waals surface area contributed by atoms with E-state index < -0.39 is 0 Å². The van der Waals surface area contributed by atoms with Gasteiger partial charge in [0, 0.05) is 14.9 Å². The third-order valence-electron chi connectivity index (χ3n) is 2.43. The van der Waals surface area contributed by atoms with Crippen molar-refractivity contribution in [3.05, 3.63) is 74.9 Å². The van der Waals surface area contributed by atoms with Gasteiger partial charge in [0.05, 0.1) is 81.2 Å². The molecule has 0 aliphatic rings. The molecular weight excluding hydrogens is 651 g/mol. The van der Waals surface area contributed by atoms with Gasteiger partial charge in [0.1, 0.15) is 0 Å². The molecule has 11 nitrogen and oxygen atoms in total. The van der Waals surface area contributed by atoms with Crippen molar-refractivity contribution in [1.29, 1.82) is 48.3 Å². The predicted octanol–water partition coefficient (Wildman–Crippen LogP) is 13.2. The first kappa shape index (κ1) is 59.1. The molecule has 0 aliphatic heterocycles. The summed E-state index contributed by atoms with van der Waals surface area (Å²) in [5.74, 6) is 0.00926. The SMILES string of the molecule is C#N.C/C=C/CC#N.C/C=C/CC#N.C=CC(C)C#N.C=CC(C)C#N.C=CC=C.N=PN=PP=N.N=PN=PP=N.[2H][B]. The Balaban J connectivity index is -0.0000000456. The minimum Gasteiger partial charge on any atom is -0.274 e. The van der Waals surface area contributed by atoms with E-state index in [4.69, 9.17) is 48.3 Å². The van der Waals surface area contributed by atoms with Gasteiger partial charge in [0.2, 0.25) is 0 Å². The summed E-state index contributed by atoms with van der Waals surface area (Å²) in [7, 11) is 6.61. The van der Waals surface area contributed by atoms with Crippen LogP contribution in [0.1, 0.15) is 40.5 Å². The van der Waals surface area contributed by atoms with Gasteiger partial charge in [0.25, 0.3) is 0 Å². The van der Waals surface area contributed by atoms with Crippen molar-refractivity contribution in [3.8, 4) is 30.8 Å². The molecule has 2 radical (unpaired) electrons. The highest BCUT2D eigenvalue weighted by molar-refractivity contribution is 8.02. The van der Waals surface area contributed by atoms with Crippen molar-refractivity contribution < 1.29 is 0 Å². The second-order valence-corrected chi connectivity index (χ2v) is 10.3. The van der Waals surface area contributed by atoms with Crippen LogP contribution in [0.3, 0.4) is 0 Å². The van der Waals surface area contributed by atoms with Crippen molar-refractivity contribution in [2.75, 3.05) is 0 Å². The number of nitrogens with one attached hydrogen (secondary N) is 4. The quantitative estimate of drug-likeness (QED) is 0.0795. The minimum absolute atomic E-state index is 0.00463. The van der Waals surface area contributed by atoms with E-state index in [1.165, 1.54) is 0 Å². The molecule has 228 valence electrons. The predicted molar refractivity (Wildman–Crippen MR) is 192 cm³/mol. The van der Waals surface area contributed by atoms with Crippen LogP contribution >= 0.6 is 49.3 Å². The van der Waals surface area contributed by atoms with Crippen molar-refractivity contribution in [2.45, 2.75) is 40.5 Å². The minimum atomic E-state index is 0.00463. The molecule has 0 heterocycles. The Morgan fingerprint density at radius 2 is 1.02 bits per heavy atom. The topological polar surface area (TPSA) is 239 Å². The van der Waals surface area contributed by atoms with Gasteiger partial charge in [0.15, 0.2) is 17.0 Å². The zero-order chi connectivity index (χ0) is 36.7. The molecule has 2 unspecified atom stereocenters. The van der Waals surface area contributed by atoms with Gasteiger partial charge in [-0.15, -0.1) is 13.2 Å². The molecule has 4 N–H and O–H groups in total. The highest BCUT2D eigenvalue weighted by Crippen LogP contribution is 2.21. The molecule has 18 heteroatoms. The summed E-state index contributed by atoms with van der Waals surface area (Å²) in [6, 6.07) is 7.96. The van der Waals surface area contributed by atoms with Crippen LogP contribution in [-0.2, 0) is 0 Å².